The van der Waals surface area contributed by atoms with Crippen molar-refractivity contribution in [1.82, 2.24) is 10.3 Å². The van der Waals surface area contributed by atoms with E-state index in [1.807, 2.05) is 31.2 Å². The second kappa shape index (κ2) is 6.96. The first-order chi connectivity index (χ1) is 11.1. The Morgan fingerprint density at radius 1 is 1.35 bits per heavy atom. The lowest BCUT2D eigenvalue weighted by atomic mass is 9.87. The summed E-state index contributed by atoms with van der Waals surface area (Å²) in [4.78, 5) is 16.5. The quantitative estimate of drug-likeness (QED) is 0.910. The molecule has 2 unspecified atom stereocenters. The number of benzene rings is 1. The van der Waals surface area contributed by atoms with Crippen LogP contribution < -0.4 is 5.32 Å². The number of aromatic nitrogens is 1. The summed E-state index contributed by atoms with van der Waals surface area (Å²) in [6.07, 6.45) is 4.74. The van der Waals surface area contributed by atoms with Gasteiger partial charge in [-0.05, 0) is 32.1 Å². The third-order valence-corrected chi connectivity index (χ3v) is 4.40. The summed E-state index contributed by atoms with van der Waals surface area (Å²) in [5.41, 5.74) is 2.30. The van der Waals surface area contributed by atoms with Gasteiger partial charge in [-0.2, -0.15) is 0 Å². The van der Waals surface area contributed by atoms with E-state index in [2.05, 4.69) is 10.3 Å². The molecule has 1 amide bonds. The standard InChI is InChI=1S/C18H22N2O3/c1-12-5-7-14(8-6-12)17-16(20-11-23-17)18(22)19-10-13-3-2-4-15(21)9-13/h5-8,11,13,15,21H,2-4,9-10H2,1H3,(H,19,22). The van der Waals surface area contributed by atoms with Gasteiger partial charge in [0.2, 0.25) is 0 Å². The van der Waals surface area contributed by atoms with E-state index in [9.17, 15) is 9.90 Å². The number of carbonyl (C=O) groups excluding carboxylic acids is 1. The van der Waals surface area contributed by atoms with Crippen LogP contribution in [0.3, 0.4) is 0 Å². The SMILES string of the molecule is Cc1ccc(-c2ocnc2C(=O)NCC2CCCC(O)C2)cc1. The van der Waals surface area contributed by atoms with Crippen molar-refractivity contribution in [2.24, 2.45) is 5.92 Å². The second-order valence-corrected chi connectivity index (χ2v) is 6.29. The van der Waals surface area contributed by atoms with Gasteiger partial charge in [0.15, 0.2) is 17.8 Å². The zero-order valence-corrected chi connectivity index (χ0v) is 13.3. The minimum absolute atomic E-state index is 0.227. The highest BCUT2D eigenvalue weighted by Gasteiger charge is 2.23. The van der Waals surface area contributed by atoms with E-state index in [4.69, 9.17) is 4.42 Å². The van der Waals surface area contributed by atoms with E-state index in [1.165, 1.54) is 6.39 Å². The fourth-order valence-corrected chi connectivity index (χ4v) is 3.09. The molecule has 2 atom stereocenters. The van der Waals surface area contributed by atoms with Crippen LogP contribution in [0.5, 0.6) is 0 Å². The molecule has 1 saturated carbocycles. The van der Waals surface area contributed by atoms with E-state index in [-0.39, 0.29) is 12.0 Å². The van der Waals surface area contributed by atoms with Crippen LogP contribution >= 0.6 is 0 Å². The molecule has 2 N–H and O–H groups in total. The Kier molecular flexibility index (Phi) is 4.76. The van der Waals surface area contributed by atoms with Gasteiger partial charge < -0.3 is 14.8 Å². The van der Waals surface area contributed by atoms with Crippen molar-refractivity contribution in [3.8, 4) is 11.3 Å². The number of oxazole rings is 1. The summed E-state index contributed by atoms with van der Waals surface area (Å²) >= 11 is 0. The predicted molar refractivity (Wildman–Crippen MR) is 87.0 cm³/mol. The molecule has 3 rings (SSSR count). The fraction of sp³-hybridized carbons (Fsp3) is 0.444. The molecule has 1 aliphatic carbocycles. The molecule has 0 radical (unpaired) electrons. The maximum atomic E-state index is 12.4. The molecule has 122 valence electrons. The number of carbonyl (C=O) groups is 1. The first-order valence-electron chi connectivity index (χ1n) is 8.10. The molecule has 1 aromatic heterocycles. The molecule has 0 spiro atoms. The number of aliphatic hydroxyl groups is 1. The topological polar surface area (TPSA) is 75.4 Å². The van der Waals surface area contributed by atoms with Gasteiger partial charge in [-0.25, -0.2) is 4.98 Å². The summed E-state index contributed by atoms with van der Waals surface area (Å²) in [5, 5.41) is 12.6. The van der Waals surface area contributed by atoms with E-state index < -0.39 is 0 Å². The second-order valence-electron chi connectivity index (χ2n) is 6.29. The van der Waals surface area contributed by atoms with Crippen LogP contribution in [-0.2, 0) is 0 Å². The zero-order valence-electron chi connectivity index (χ0n) is 13.3. The average Bonchev–Trinajstić information content (AvgIpc) is 3.03. The predicted octanol–water partition coefficient (Wildman–Crippen LogP) is 2.93. The number of rotatable bonds is 4. The number of nitrogens with zero attached hydrogens (tertiary/aromatic N) is 1. The third kappa shape index (κ3) is 3.79. The van der Waals surface area contributed by atoms with Gasteiger partial charge in [0.1, 0.15) is 0 Å². The minimum Gasteiger partial charge on any atom is -0.443 e. The molecule has 5 nitrogen and oxygen atoms in total. The average molecular weight is 314 g/mol. The largest absolute Gasteiger partial charge is 0.443 e. The molecular weight excluding hydrogens is 292 g/mol. The van der Waals surface area contributed by atoms with E-state index in [0.29, 0.717) is 23.9 Å². The fourth-order valence-electron chi connectivity index (χ4n) is 3.09. The van der Waals surface area contributed by atoms with Crippen molar-refractivity contribution in [2.45, 2.75) is 38.7 Å². The zero-order chi connectivity index (χ0) is 16.2. The molecule has 0 bridgehead atoms. The lowest BCUT2D eigenvalue weighted by Crippen LogP contribution is -2.33. The highest BCUT2D eigenvalue weighted by molar-refractivity contribution is 5.97. The van der Waals surface area contributed by atoms with Gasteiger partial charge in [0.05, 0.1) is 6.10 Å². The Bertz CT molecular complexity index is 663. The van der Waals surface area contributed by atoms with E-state index in [0.717, 1.165) is 36.8 Å². The Labute approximate surface area is 135 Å². The molecule has 0 aliphatic heterocycles. The van der Waals surface area contributed by atoms with Gasteiger partial charge in [0, 0.05) is 12.1 Å². The van der Waals surface area contributed by atoms with Crippen LogP contribution in [0.2, 0.25) is 0 Å². The van der Waals surface area contributed by atoms with Crippen LogP contribution in [0.25, 0.3) is 11.3 Å². The van der Waals surface area contributed by atoms with Crippen LogP contribution in [0.15, 0.2) is 35.1 Å². The monoisotopic (exact) mass is 314 g/mol. The Morgan fingerprint density at radius 2 is 2.13 bits per heavy atom. The normalized spacial score (nSPS) is 21.1. The Morgan fingerprint density at radius 3 is 2.87 bits per heavy atom. The summed E-state index contributed by atoms with van der Waals surface area (Å²) < 4.78 is 5.41. The first-order valence-corrected chi connectivity index (χ1v) is 8.10. The maximum Gasteiger partial charge on any atom is 0.273 e. The Balaban J connectivity index is 1.66. The minimum atomic E-state index is -0.235. The van der Waals surface area contributed by atoms with Gasteiger partial charge >= 0.3 is 0 Å². The summed E-state index contributed by atoms with van der Waals surface area (Å²) in [5.74, 6) is 0.595. The van der Waals surface area contributed by atoms with Crippen molar-refractivity contribution >= 4 is 5.91 Å². The molecule has 1 fully saturated rings. The third-order valence-electron chi connectivity index (χ3n) is 4.40. The molecular formula is C18H22N2O3. The van der Waals surface area contributed by atoms with Crippen LogP contribution in [0.1, 0.15) is 41.7 Å². The lowest BCUT2D eigenvalue weighted by Gasteiger charge is -2.25. The molecule has 23 heavy (non-hydrogen) atoms. The van der Waals surface area contributed by atoms with Crippen molar-refractivity contribution < 1.29 is 14.3 Å². The highest BCUT2D eigenvalue weighted by atomic mass is 16.3. The van der Waals surface area contributed by atoms with Gasteiger partial charge in [-0.3, -0.25) is 4.79 Å². The van der Waals surface area contributed by atoms with E-state index >= 15 is 0 Å². The molecule has 1 aromatic carbocycles. The van der Waals surface area contributed by atoms with Crippen molar-refractivity contribution in [3.63, 3.8) is 0 Å². The van der Waals surface area contributed by atoms with Gasteiger partial charge in [0.25, 0.3) is 5.91 Å². The summed E-state index contributed by atoms with van der Waals surface area (Å²) in [6.45, 7) is 2.58. The van der Waals surface area contributed by atoms with E-state index in [1.54, 1.807) is 0 Å². The summed E-state index contributed by atoms with van der Waals surface area (Å²) in [7, 11) is 0. The number of aryl methyl sites for hydroxylation is 1. The van der Waals surface area contributed by atoms with Crippen LogP contribution in [0, 0.1) is 12.8 Å². The molecule has 5 heteroatoms. The molecule has 0 saturated heterocycles. The summed E-state index contributed by atoms with van der Waals surface area (Å²) in [6, 6.07) is 7.79. The van der Waals surface area contributed by atoms with Gasteiger partial charge in [-0.1, -0.05) is 36.2 Å². The highest BCUT2D eigenvalue weighted by Crippen LogP contribution is 2.25. The lowest BCUT2D eigenvalue weighted by molar-refractivity contribution is 0.0871. The number of amides is 1. The number of hydrogen-bond acceptors (Lipinski definition) is 4. The molecule has 1 heterocycles. The number of nitrogens with one attached hydrogen (secondary N) is 1. The van der Waals surface area contributed by atoms with Crippen LogP contribution in [-0.4, -0.2) is 28.6 Å². The smallest absolute Gasteiger partial charge is 0.273 e. The molecule has 1 aliphatic rings. The molecule has 2 aromatic rings. The van der Waals surface area contributed by atoms with Gasteiger partial charge in [-0.15, -0.1) is 0 Å². The number of aliphatic hydroxyl groups excluding tert-OH is 1. The van der Waals surface area contributed by atoms with Crippen molar-refractivity contribution in [2.75, 3.05) is 6.54 Å². The Hall–Kier alpha value is -2.14. The van der Waals surface area contributed by atoms with Crippen LogP contribution in [0.4, 0.5) is 0 Å². The number of hydrogen-bond donors (Lipinski definition) is 2. The van der Waals surface area contributed by atoms with Crippen molar-refractivity contribution in [1.29, 1.82) is 0 Å². The maximum absolute atomic E-state index is 12.4. The first kappa shape index (κ1) is 15.7. The van der Waals surface area contributed by atoms with Crippen molar-refractivity contribution in [3.05, 3.63) is 41.9 Å².